The van der Waals surface area contributed by atoms with Gasteiger partial charge in [-0.3, -0.25) is 0 Å². The molecule has 0 aliphatic carbocycles. The molecule has 0 bridgehead atoms. The highest BCUT2D eigenvalue weighted by Gasteiger charge is 2.12. The lowest BCUT2D eigenvalue weighted by molar-refractivity contribution is 0.774. The van der Waals surface area contributed by atoms with E-state index in [-0.39, 0.29) is 0 Å². The molecule has 0 aliphatic rings. The minimum absolute atomic E-state index is 0.565. The van der Waals surface area contributed by atoms with Crippen molar-refractivity contribution in [2.45, 2.75) is 13.5 Å². The maximum atomic E-state index is 9.52. The van der Waals surface area contributed by atoms with Crippen LogP contribution >= 0.6 is 0 Å². The zero-order valence-electron chi connectivity index (χ0n) is 13.0. The van der Waals surface area contributed by atoms with Crippen molar-refractivity contribution in [3.05, 3.63) is 78.1 Å². The number of nitriles is 1. The van der Waals surface area contributed by atoms with Gasteiger partial charge in [0.05, 0.1) is 16.6 Å². The first kappa shape index (κ1) is 14.8. The highest BCUT2D eigenvalue weighted by molar-refractivity contribution is 5.84. The van der Waals surface area contributed by atoms with Crippen molar-refractivity contribution in [2.24, 2.45) is 0 Å². The van der Waals surface area contributed by atoms with Gasteiger partial charge in [-0.25, -0.2) is 4.98 Å². The maximum Gasteiger partial charge on any atom is 0.151 e. The summed E-state index contributed by atoms with van der Waals surface area (Å²) in [5, 5.41) is 9.52. The van der Waals surface area contributed by atoms with Crippen LogP contribution in [0, 0.1) is 11.3 Å². The van der Waals surface area contributed by atoms with Crippen LogP contribution in [0.15, 0.2) is 66.7 Å². The number of hydrogen-bond donors (Lipinski definition) is 0. The number of nitrogens with zero attached hydrogens (tertiary/aromatic N) is 3. The fraction of sp³-hybridized carbons (Fsp3) is 0.100. The number of imidazole rings is 1. The molecule has 3 aromatic rings. The molecule has 112 valence electrons. The number of aromatic nitrogens is 2. The molecular weight excluding hydrogens is 282 g/mol. The maximum absolute atomic E-state index is 9.52. The van der Waals surface area contributed by atoms with Gasteiger partial charge >= 0.3 is 0 Å². The van der Waals surface area contributed by atoms with Crippen molar-refractivity contribution in [1.29, 1.82) is 5.26 Å². The van der Waals surface area contributed by atoms with Gasteiger partial charge in [0.15, 0.2) is 5.82 Å². The molecule has 3 nitrogen and oxygen atoms in total. The second-order valence-corrected chi connectivity index (χ2v) is 5.13. The Balaban J connectivity index is 2.00. The minimum atomic E-state index is 0.565. The SMILES string of the molecule is CCn1c(C(C#N)=CC=Cc2ccccc2)nc2ccccc21. The van der Waals surface area contributed by atoms with Crippen molar-refractivity contribution in [2.75, 3.05) is 0 Å². The first-order valence-electron chi connectivity index (χ1n) is 7.62. The van der Waals surface area contributed by atoms with Crippen molar-refractivity contribution in [3.8, 4) is 6.07 Å². The Kier molecular flexibility index (Phi) is 4.35. The Morgan fingerprint density at radius 1 is 1.13 bits per heavy atom. The van der Waals surface area contributed by atoms with Crippen LogP contribution in [0.5, 0.6) is 0 Å². The van der Waals surface area contributed by atoms with Crippen LogP contribution in [0.3, 0.4) is 0 Å². The van der Waals surface area contributed by atoms with Gasteiger partial charge in [0.2, 0.25) is 0 Å². The van der Waals surface area contributed by atoms with E-state index in [0.717, 1.165) is 23.1 Å². The summed E-state index contributed by atoms with van der Waals surface area (Å²) in [5.41, 5.74) is 3.64. The molecule has 0 amide bonds. The largest absolute Gasteiger partial charge is 0.324 e. The third-order valence-corrected chi connectivity index (χ3v) is 3.68. The number of para-hydroxylation sites is 2. The zero-order chi connectivity index (χ0) is 16.1. The molecule has 0 N–H and O–H groups in total. The molecule has 0 atom stereocenters. The molecule has 0 saturated carbocycles. The summed E-state index contributed by atoms with van der Waals surface area (Å²) in [6, 6.07) is 20.2. The van der Waals surface area contributed by atoms with Gasteiger partial charge in [0, 0.05) is 6.54 Å². The first-order chi connectivity index (χ1) is 11.3. The summed E-state index contributed by atoms with van der Waals surface area (Å²) in [4.78, 5) is 4.62. The normalized spacial score (nSPS) is 11.9. The summed E-state index contributed by atoms with van der Waals surface area (Å²) in [6.45, 7) is 2.84. The van der Waals surface area contributed by atoms with Gasteiger partial charge in [0.25, 0.3) is 0 Å². The second-order valence-electron chi connectivity index (χ2n) is 5.13. The van der Waals surface area contributed by atoms with Crippen molar-refractivity contribution >= 4 is 22.7 Å². The van der Waals surface area contributed by atoms with Crippen molar-refractivity contribution in [3.63, 3.8) is 0 Å². The smallest absolute Gasteiger partial charge is 0.151 e. The molecule has 0 spiro atoms. The molecule has 3 heteroatoms. The van der Waals surface area contributed by atoms with Crippen molar-refractivity contribution in [1.82, 2.24) is 9.55 Å². The topological polar surface area (TPSA) is 41.6 Å². The molecule has 0 saturated heterocycles. The van der Waals surface area contributed by atoms with Crippen LogP contribution in [0.2, 0.25) is 0 Å². The molecule has 0 radical (unpaired) electrons. The third-order valence-electron chi connectivity index (χ3n) is 3.68. The van der Waals surface area contributed by atoms with E-state index in [1.165, 1.54) is 0 Å². The summed E-state index contributed by atoms with van der Waals surface area (Å²) < 4.78 is 2.07. The van der Waals surface area contributed by atoms with E-state index in [1.807, 2.05) is 72.8 Å². The summed E-state index contributed by atoms with van der Waals surface area (Å²) >= 11 is 0. The first-order valence-corrected chi connectivity index (χ1v) is 7.62. The molecule has 23 heavy (non-hydrogen) atoms. The van der Waals surface area contributed by atoms with Crippen LogP contribution in [0.1, 0.15) is 18.3 Å². The van der Waals surface area contributed by atoms with Gasteiger partial charge in [-0.15, -0.1) is 0 Å². The minimum Gasteiger partial charge on any atom is -0.324 e. The standard InChI is InChI=1S/C20H17N3/c1-2-23-19-14-7-6-13-18(19)22-20(23)17(15-21)12-8-11-16-9-4-3-5-10-16/h3-14H,2H2,1H3. The molecule has 0 aliphatic heterocycles. The van der Waals surface area contributed by atoms with Crippen LogP contribution in [0.25, 0.3) is 22.7 Å². The van der Waals surface area contributed by atoms with E-state index in [4.69, 9.17) is 0 Å². The summed E-state index contributed by atoms with van der Waals surface area (Å²) in [5.74, 6) is 0.717. The number of hydrogen-bond acceptors (Lipinski definition) is 2. The Morgan fingerprint density at radius 3 is 2.61 bits per heavy atom. The molecule has 0 fully saturated rings. The van der Waals surface area contributed by atoms with Crippen molar-refractivity contribution < 1.29 is 0 Å². The van der Waals surface area contributed by atoms with Crippen LogP contribution in [-0.4, -0.2) is 9.55 Å². The fourth-order valence-electron chi connectivity index (χ4n) is 2.58. The van der Waals surface area contributed by atoms with Crippen LogP contribution in [0.4, 0.5) is 0 Å². The van der Waals surface area contributed by atoms with Gasteiger partial charge < -0.3 is 4.57 Å². The summed E-state index contributed by atoms with van der Waals surface area (Å²) in [7, 11) is 0. The predicted molar refractivity (Wildman–Crippen MR) is 94.5 cm³/mol. The zero-order valence-corrected chi connectivity index (χ0v) is 13.0. The monoisotopic (exact) mass is 299 g/mol. The molecule has 3 rings (SSSR count). The third kappa shape index (κ3) is 3.07. The average molecular weight is 299 g/mol. The van der Waals surface area contributed by atoms with E-state index in [1.54, 1.807) is 0 Å². The Labute approximate surface area is 135 Å². The van der Waals surface area contributed by atoms with Gasteiger partial charge in [-0.05, 0) is 30.7 Å². The molecular formula is C20H17N3. The molecule has 2 aromatic carbocycles. The highest BCUT2D eigenvalue weighted by Crippen LogP contribution is 2.21. The predicted octanol–water partition coefficient (Wildman–Crippen LogP) is 4.68. The lowest BCUT2D eigenvalue weighted by Crippen LogP contribution is -2.00. The van der Waals surface area contributed by atoms with Crippen LogP contribution in [-0.2, 0) is 6.54 Å². The Morgan fingerprint density at radius 2 is 1.87 bits per heavy atom. The average Bonchev–Trinajstić information content (AvgIpc) is 2.98. The molecule has 1 heterocycles. The number of allylic oxidation sites excluding steroid dienone is 3. The lowest BCUT2D eigenvalue weighted by Gasteiger charge is -2.04. The fourth-order valence-corrected chi connectivity index (χ4v) is 2.58. The second kappa shape index (κ2) is 6.76. The van der Waals surface area contributed by atoms with E-state index < -0.39 is 0 Å². The van der Waals surface area contributed by atoms with Crippen LogP contribution < -0.4 is 0 Å². The van der Waals surface area contributed by atoms with Gasteiger partial charge in [-0.1, -0.05) is 54.6 Å². The lowest BCUT2D eigenvalue weighted by atomic mass is 10.2. The van der Waals surface area contributed by atoms with E-state index in [9.17, 15) is 5.26 Å². The number of benzene rings is 2. The molecule has 1 aromatic heterocycles. The summed E-state index contributed by atoms with van der Waals surface area (Å²) in [6.07, 6.45) is 5.70. The molecule has 0 unspecified atom stereocenters. The van der Waals surface area contributed by atoms with Gasteiger partial charge in [0.1, 0.15) is 6.07 Å². The highest BCUT2D eigenvalue weighted by atomic mass is 15.1. The quantitative estimate of drug-likeness (QED) is 0.518. The Hall–Kier alpha value is -3.12. The Bertz CT molecular complexity index is 909. The number of aryl methyl sites for hydroxylation is 1. The number of fused-ring (bicyclic) bond motifs is 1. The van der Waals surface area contributed by atoms with E-state index in [0.29, 0.717) is 11.4 Å². The van der Waals surface area contributed by atoms with E-state index >= 15 is 0 Å². The number of rotatable bonds is 4. The van der Waals surface area contributed by atoms with Gasteiger partial charge in [-0.2, -0.15) is 5.26 Å². The van der Waals surface area contributed by atoms with E-state index in [2.05, 4.69) is 22.5 Å².